The van der Waals surface area contributed by atoms with Crippen LogP contribution in [0.15, 0.2) is 0 Å². The summed E-state index contributed by atoms with van der Waals surface area (Å²) in [5, 5.41) is 1.87. The van der Waals surface area contributed by atoms with E-state index >= 15 is 0 Å². The highest BCUT2D eigenvalue weighted by Gasteiger charge is 2.30. The molecule has 7 heteroatoms. The summed E-state index contributed by atoms with van der Waals surface area (Å²) in [4.78, 5) is 12.8. The van der Waals surface area contributed by atoms with Gasteiger partial charge in [-0.05, 0) is 25.7 Å². The molecule has 1 aliphatic rings. The zero-order valence-electron chi connectivity index (χ0n) is 9.76. The van der Waals surface area contributed by atoms with Gasteiger partial charge in [-0.1, -0.05) is 0 Å². The Morgan fingerprint density at radius 2 is 2.00 bits per heavy atom. The summed E-state index contributed by atoms with van der Waals surface area (Å²) in [6.45, 7) is 1.56. The number of carbonyl (C=O) groups is 1. The molecule has 1 unspecified atom stereocenters. The Kier molecular flexibility index (Phi) is 4.62. The number of likely N-dealkylation sites (tertiary alicyclic amines) is 1. The Balaban J connectivity index is 2.31. The first kappa shape index (κ1) is 14.1. The Labute approximate surface area is 98.3 Å². The Morgan fingerprint density at radius 1 is 1.47 bits per heavy atom. The summed E-state index contributed by atoms with van der Waals surface area (Å²) in [5.74, 6) is 0.349. The quantitative estimate of drug-likeness (QED) is 0.779. The van der Waals surface area contributed by atoms with Crippen molar-refractivity contribution in [2.24, 2.45) is 11.7 Å². The van der Waals surface area contributed by atoms with Crippen molar-refractivity contribution in [2.75, 3.05) is 19.6 Å². The number of rotatable bonds is 2. The molecular weight excluding hydrogens is 235 g/mol. The van der Waals surface area contributed by atoms with E-state index in [1.807, 2.05) is 12.2 Å². The van der Waals surface area contributed by atoms with Gasteiger partial charge in [0.05, 0.1) is 0 Å². The first-order chi connectivity index (χ1) is 7.79. The molecule has 17 heavy (non-hydrogen) atoms. The number of urea groups is 1. The molecule has 3 N–H and O–H groups in total. The predicted octanol–water partition coefficient (Wildman–Crippen LogP) is 1.32. The summed E-state index contributed by atoms with van der Waals surface area (Å²) in [5.41, 5.74) is 5.74. The van der Waals surface area contributed by atoms with E-state index in [9.17, 15) is 18.0 Å². The van der Waals surface area contributed by atoms with E-state index in [0.717, 1.165) is 12.8 Å². The minimum atomic E-state index is -4.36. The second-order valence-corrected chi connectivity index (χ2v) is 4.46. The lowest BCUT2D eigenvalue weighted by Gasteiger charge is -2.33. The molecule has 1 heterocycles. The number of piperidine rings is 1. The maximum atomic E-state index is 11.9. The third-order valence-electron chi connectivity index (χ3n) is 3.01. The molecule has 2 amide bonds. The van der Waals surface area contributed by atoms with Crippen LogP contribution in [0.25, 0.3) is 0 Å². The molecule has 0 aromatic heterocycles. The predicted molar refractivity (Wildman–Crippen MR) is 57.4 cm³/mol. The maximum absolute atomic E-state index is 11.9. The Hall–Kier alpha value is -0.980. The van der Waals surface area contributed by atoms with Crippen LogP contribution < -0.4 is 11.1 Å². The third kappa shape index (κ3) is 4.80. The fourth-order valence-electron chi connectivity index (χ4n) is 1.92. The summed E-state index contributed by atoms with van der Waals surface area (Å²) in [7, 11) is 0. The van der Waals surface area contributed by atoms with Gasteiger partial charge in [0.1, 0.15) is 6.54 Å². The van der Waals surface area contributed by atoms with E-state index < -0.39 is 18.8 Å². The molecule has 0 aromatic rings. The lowest BCUT2D eigenvalue weighted by atomic mass is 9.91. The smallest absolute Gasteiger partial charge is 0.329 e. The number of halogens is 3. The van der Waals surface area contributed by atoms with Crippen molar-refractivity contribution in [1.29, 1.82) is 0 Å². The lowest BCUT2D eigenvalue weighted by molar-refractivity contribution is -0.123. The van der Waals surface area contributed by atoms with Crippen molar-refractivity contribution in [3.05, 3.63) is 0 Å². The Bertz CT molecular complexity index is 260. The number of hydrogen-bond donors (Lipinski definition) is 2. The molecule has 1 saturated heterocycles. The molecule has 1 aliphatic heterocycles. The van der Waals surface area contributed by atoms with Crippen LogP contribution in [0.4, 0.5) is 18.0 Å². The van der Waals surface area contributed by atoms with E-state index in [0.29, 0.717) is 19.0 Å². The van der Waals surface area contributed by atoms with Crippen molar-refractivity contribution < 1.29 is 18.0 Å². The van der Waals surface area contributed by atoms with Crippen LogP contribution in [0.3, 0.4) is 0 Å². The first-order valence-electron chi connectivity index (χ1n) is 5.64. The number of nitrogens with zero attached hydrogens (tertiary/aromatic N) is 1. The highest BCUT2D eigenvalue weighted by atomic mass is 19.4. The molecule has 0 aliphatic carbocycles. The minimum Gasteiger partial charge on any atom is -0.329 e. The summed E-state index contributed by atoms with van der Waals surface area (Å²) >= 11 is 0. The van der Waals surface area contributed by atoms with Gasteiger partial charge >= 0.3 is 12.2 Å². The Morgan fingerprint density at radius 3 is 2.41 bits per heavy atom. The van der Waals surface area contributed by atoms with Gasteiger partial charge in [-0.3, -0.25) is 0 Å². The van der Waals surface area contributed by atoms with E-state index in [1.54, 1.807) is 0 Å². The average Bonchev–Trinajstić information content (AvgIpc) is 2.25. The second kappa shape index (κ2) is 5.57. The fraction of sp³-hybridized carbons (Fsp3) is 0.900. The molecule has 4 nitrogen and oxygen atoms in total. The molecule has 1 rings (SSSR count). The van der Waals surface area contributed by atoms with Gasteiger partial charge in [-0.15, -0.1) is 0 Å². The van der Waals surface area contributed by atoms with E-state index in [1.165, 1.54) is 4.90 Å². The molecular formula is C10H18F3N3O. The number of hydrogen-bond acceptors (Lipinski definition) is 2. The van der Waals surface area contributed by atoms with Crippen LogP contribution in [-0.4, -0.2) is 42.8 Å². The van der Waals surface area contributed by atoms with Crippen LogP contribution >= 0.6 is 0 Å². The van der Waals surface area contributed by atoms with Gasteiger partial charge < -0.3 is 16.0 Å². The van der Waals surface area contributed by atoms with Crippen molar-refractivity contribution in [1.82, 2.24) is 10.2 Å². The monoisotopic (exact) mass is 253 g/mol. The van der Waals surface area contributed by atoms with Crippen LogP contribution in [0.1, 0.15) is 19.8 Å². The maximum Gasteiger partial charge on any atom is 0.405 e. The largest absolute Gasteiger partial charge is 0.405 e. The number of nitrogens with two attached hydrogens (primary N) is 1. The van der Waals surface area contributed by atoms with Crippen LogP contribution in [0.5, 0.6) is 0 Å². The zero-order valence-corrected chi connectivity index (χ0v) is 9.76. The van der Waals surface area contributed by atoms with Crippen LogP contribution in [-0.2, 0) is 0 Å². The highest BCUT2D eigenvalue weighted by Crippen LogP contribution is 2.19. The summed E-state index contributed by atoms with van der Waals surface area (Å²) in [6, 6.07) is -0.583. The summed E-state index contributed by atoms with van der Waals surface area (Å²) in [6.07, 6.45) is -2.87. The van der Waals surface area contributed by atoms with Crippen LogP contribution in [0, 0.1) is 5.92 Å². The number of carbonyl (C=O) groups excluding carboxylic acids is 1. The molecule has 100 valence electrons. The number of alkyl halides is 3. The van der Waals surface area contributed by atoms with Crippen molar-refractivity contribution >= 4 is 6.03 Å². The van der Waals surface area contributed by atoms with Gasteiger partial charge in [-0.2, -0.15) is 13.2 Å². The second-order valence-electron chi connectivity index (χ2n) is 4.46. The topological polar surface area (TPSA) is 58.4 Å². The fourth-order valence-corrected chi connectivity index (χ4v) is 1.92. The normalized spacial score (nSPS) is 20.2. The van der Waals surface area contributed by atoms with Gasteiger partial charge in [0.25, 0.3) is 0 Å². The lowest BCUT2D eigenvalue weighted by Crippen LogP contribution is -2.48. The van der Waals surface area contributed by atoms with Crippen molar-refractivity contribution in [3.8, 4) is 0 Å². The van der Waals surface area contributed by atoms with E-state index in [4.69, 9.17) is 5.73 Å². The first-order valence-corrected chi connectivity index (χ1v) is 5.64. The third-order valence-corrected chi connectivity index (χ3v) is 3.01. The van der Waals surface area contributed by atoms with Crippen LogP contribution in [0.2, 0.25) is 0 Å². The van der Waals surface area contributed by atoms with Crippen molar-refractivity contribution in [3.63, 3.8) is 0 Å². The highest BCUT2D eigenvalue weighted by molar-refractivity contribution is 5.74. The van der Waals surface area contributed by atoms with Gasteiger partial charge in [0, 0.05) is 19.1 Å². The molecule has 0 saturated carbocycles. The van der Waals surface area contributed by atoms with Crippen molar-refractivity contribution in [2.45, 2.75) is 32.0 Å². The molecule has 1 fully saturated rings. The SMILES string of the molecule is CC(N)C1CCN(C(=O)NCC(F)(F)F)CC1. The van der Waals surface area contributed by atoms with Gasteiger partial charge in [-0.25, -0.2) is 4.79 Å². The molecule has 0 spiro atoms. The average molecular weight is 253 g/mol. The molecule has 0 radical (unpaired) electrons. The zero-order chi connectivity index (χ0) is 13.1. The minimum absolute atomic E-state index is 0.0652. The molecule has 0 bridgehead atoms. The van der Waals surface area contributed by atoms with Gasteiger partial charge in [0.2, 0.25) is 0 Å². The van der Waals surface area contributed by atoms with E-state index in [-0.39, 0.29) is 6.04 Å². The number of amides is 2. The standard InChI is InChI=1S/C10H18F3N3O/c1-7(14)8-2-4-16(5-3-8)9(17)15-6-10(11,12)13/h7-8H,2-6,14H2,1H3,(H,15,17). The summed E-state index contributed by atoms with van der Waals surface area (Å²) < 4.78 is 35.7. The van der Waals surface area contributed by atoms with E-state index in [2.05, 4.69) is 0 Å². The molecule has 1 atom stereocenters. The van der Waals surface area contributed by atoms with Gasteiger partial charge in [0.15, 0.2) is 0 Å². The molecule has 0 aromatic carbocycles. The number of nitrogens with one attached hydrogen (secondary N) is 1.